The molecule has 7 heteroatoms. The van der Waals surface area contributed by atoms with Crippen LogP contribution in [0.15, 0.2) is 51.8 Å². The van der Waals surface area contributed by atoms with Crippen LogP contribution >= 0.6 is 0 Å². The van der Waals surface area contributed by atoms with Gasteiger partial charge in [0.2, 0.25) is 0 Å². The van der Waals surface area contributed by atoms with E-state index in [9.17, 15) is 10.1 Å². The number of hydrogen-bond acceptors (Lipinski definition) is 6. The highest BCUT2D eigenvalue weighted by molar-refractivity contribution is 5.56. The number of benzene rings is 1. The number of allylic oxidation sites excluding steroid dienone is 1. The van der Waals surface area contributed by atoms with E-state index in [1.807, 2.05) is 27.1 Å². The Morgan fingerprint density at radius 1 is 1.35 bits per heavy atom. The van der Waals surface area contributed by atoms with E-state index < -0.39 is 4.92 Å². The normalized spacial score (nSPS) is 18.0. The predicted molar refractivity (Wildman–Crippen MR) is 88.1 cm³/mol. The highest BCUT2D eigenvalue weighted by atomic mass is 16.6. The van der Waals surface area contributed by atoms with Crippen LogP contribution in [0.2, 0.25) is 0 Å². The second-order valence-corrected chi connectivity index (χ2v) is 5.57. The summed E-state index contributed by atoms with van der Waals surface area (Å²) < 4.78 is 5.15. The topological polar surface area (TPSA) is 80.3 Å². The third-order valence-corrected chi connectivity index (χ3v) is 3.73. The molecule has 23 heavy (non-hydrogen) atoms. The molecule has 0 spiro atoms. The van der Waals surface area contributed by atoms with E-state index in [1.165, 1.54) is 25.3 Å². The van der Waals surface area contributed by atoms with Gasteiger partial charge in [0.15, 0.2) is 5.75 Å². The second-order valence-electron chi connectivity index (χ2n) is 5.57. The fraction of sp³-hybridized carbons (Fsp3) is 0.375. The number of azo groups is 1. The molecule has 0 aliphatic heterocycles. The van der Waals surface area contributed by atoms with Crippen molar-refractivity contribution in [3.05, 3.63) is 51.7 Å². The molecular formula is C16H20N4O3. The molecule has 0 N–H and O–H groups in total. The molecule has 0 amide bonds. The second kappa shape index (κ2) is 7.15. The quantitative estimate of drug-likeness (QED) is 0.469. The summed E-state index contributed by atoms with van der Waals surface area (Å²) in [4.78, 5) is 12.5. The van der Waals surface area contributed by atoms with Gasteiger partial charge < -0.3 is 9.64 Å². The minimum Gasteiger partial charge on any atom is -0.494 e. The summed E-state index contributed by atoms with van der Waals surface area (Å²) >= 11 is 0. The first kappa shape index (κ1) is 16.8. The molecule has 0 saturated carbocycles. The van der Waals surface area contributed by atoms with Gasteiger partial charge in [-0.3, -0.25) is 10.1 Å². The van der Waals surface area contributed by atoms with Crippen LogP contribution in [-0.4, -0.2) is 37.1 Å². The van der Waals surface area contributed by atoms with Crippen molar-refractivity contribution in [2.24, 2.45) is 10.2 Å². The molecule has 1 aliphatic carbocycles. The molecule has 0 heterocycles. The number of nitro groups is 1. The molecule has 1 atom stereocenters. The molecule has 1 aromatic rings. The van der Waals surface area contributed by atoms with E-state index in [2.05, 4.69) is 21.2 Å². The maximum atomic E-state index is 10.8. The third-order valence-electron chi connectivity index (χ3n) is 3.73. The molecule has 0 radical (unpaired) electrons. The zero-order valence-electron chi connectivity index (χ0n) is 13.7. The van der Waals surface area contributed by atoms with Crippen LogP contribution in [0.25, 0.3) is 0 Å². The van der Waals surface area contributed by atoms with E-state index in [0.717, 1.165) is 17.7 Å². The number of non-ortho nitro benzene ring substituents is 1. The molecule has 2 rings (SSSR count). The monoisotopic (exact) mass is 316 g/mol. The number of likely N-dealkylation sites (N-methyl/N-ethyl adjacent to an activating group) is 1. The van der Waals surface area contributed by atoms with Gasteiger partial charge in [0.05, 0.1) is 23.8 Å². The first-order valence-electron chi connectivity index (χ1n) is 7.21. The summed E-state index contributed by atoms with van der Waals surface area (Å²) in [6.07, 6.45) is 4.94. The number of nitro benzene ring substituents is 1. The van der Waals surface area contributed by atoms with E-state index >= 15 is 0 Å². The first-order chi connectivity index (χ1) is 10.9. The molecule has 0 aromatic heterocycles. The average Bonchev–Trinajstić information content (AvgIpc) is 2.53. The summed E-state index contributed by atoms with van der Waals surface area (Å²) in [6, 6.07) is 4.62. The molecule has 122 valence electrons. The highest BCUT2D eigenvalue weighted by Gasteiger charge is 2.15. The van der Waals surface area contributed by atoms with Gasteiger partial charge in [-0.05, 0) is 45.2 Å². The van der Waals surface area contributed by atoms with Crippen LogP contribution in [0.5, 0.6) is 5.75 Å². The van der Waals surface area contributed by atoms with E-state index in [1.54, 1.807) is 0 Å². The summed E-state index contributed by atoms with van der Waals surface area (Å²) in [6.45, 7) is 2.03. The van der Waals surface area contributed by atoms with Gasteiger partial charge in [0.1, 0.15) is 5.69 Å². The van der Waals surface area contributed by atoms with Crippen molar-refractivity contribution in [2.75, 3.05) is 21.2 Å². The lowest BCUT2D eigenvalue weighted by atomic mass is 9.99. The van der Waals surface area contributed by atoms with Gasteiger partial charge in [0.25, 0.3) is 5.69 Å². The lowest BCUT2D eigenvalue weighted by Crippen LogP contribution is -2.27. The van der Waals surface area contributed by atoms with Gasteiger partial charge in [-0.25, -0.2) is 0 Å². The van der Waals surface area contributed by atoms with Crippen LogP contribution in [0.1, 0.15) is 13.3 Å². The molecule has 1 aliphatic rings. The molecular weight excluding hydrogens is 296 g/mol. The van der Waals surface area contributed by atoms with Crippen molar-refractivity contribution in [3.63, 3.8) is 0 Å². The SMILES string of the molecule is COc1cc([N+](=O)[O-])ccc1N=NC1=C(C)CC(N(C)C)C=C1. The Kier molecular flexibility index (Phi) is 5.23. The number of nitrogens with zero attached hydrogens (tertiary/aromatic N) is 4. The molecule has 1 unspecified atom stereocenters. The predicted octanol–water partition coefficient (Wildman–Crippen LogP) is 3.85. The average molecular weight is 316 g/mol. The van der Waals surface area contributed by atoms with E-state index in [4.69, 9.17) is 4.74 Å². The van der Waals surface area contributed by atoms with Crippen molar-refractivity contribution >= 4 is 11.4 Å². The third kappa shape index (κ3) is 4.01. The Morgan fingerprint density at radius 3 is 2.65 bits per heavy atom. The molecule has 0 bridgehead atoms. The zero-order chi connectivity index (χ0) is 17.0. The molecule has 0 fully saturated rings. The van der Waals surface area contributed by atoms with Crippen LogP contribution < -0.4 is 4.74 Å². The summed E-state index contributed by atoms with van der Waals surface area (Å²) in [7, 11) is 5.53. The fourth-order valence-electron chi connectivity index (χ4n) is 2.27. The smallest absolute Gasteiger partial charge is 0.273 e. The van der Waals surface area contributed by atoms with Crippen molar-refractivity contribution in [1.29, 1.82) is 0 Å². The lowest BCUT2D eigenvalue weighted by molar-refractivity contribution is -0.384. The Labute approximate surface area is 135 Å². The van der Waals surface area contributed by atoms with E-state index in [-0.39, 0.29) is 5.69 Å². The van der Waals surface area contributed by atoms with Crippen molar-refractivity contribution < 1.29 is 9.66 Å². The summed E-state index contributed by atoms with van der Waals surface area (Å²) in [5.74, 6) is 0.326. The maximum absolute atomic E-state index is 10.8. The van der Waals surface area contributed by atoms with Gasteiger partial charge in [-0.15, -0.1) is 5.11 Å². The van der Waals surface area contributed by atoms with Crippen LogP contribution in [-0.2, 0) is 0 Å². The summed E-state index contributed by atoms with van der Waals surface area (Å²) in [5.41, 5.74) is 2.38. The number of ether oxygens (including phenoxy) is 1. The van der Waals surface area contributed by atoms with Gasteiger partial charge >= 0.3 is 0 Å². The molecule has 1 aromatic carbocycles. The van der Waals surface area contributed by atoms with Gasteiger partial charge in [0, 0.05) is 12.1 Å². The number of methoxy groups -OCH3 is 1. The Morgan fingerprint density at radius 2 is 2.09 bits per heavy atom. The van der Waals surface area contributed by atoms with Crippen LogP contribution in [0.3, 0.4) is 0 Å². The van der Waals surface area contributed by atoms with Gasteiger partial charge in [-0.1, -0.05) is 6.08 Å². The number of rotatable bonds is 5. The van der Waals surface area contributed by atoms with Crippen LogP contribution in [0.4, 0.5) is 11.4 Å². The minimum atomic E-state index is -0.471. The fourth-order valence-corrected chi connectivity index (χ4v) is 2.27. The first-order valence-corrected chi connectivity index (χ1v) is 7.21. The Bertz CT molecular complexity index is 693. The van der Waals surface area contributed by atoms with Crippen LogP contribution in [0, 0.1) is 10.1 Å². The standard InChI is InChI=1S/C16H20N4O3/c1-11-9-12(19(2)3)5-7-14(11)17-18-15-8-6-13(20(21)22)10-16(15)23-4/h5-8,10,12H,9H2,1-4H3. The van der Waals surface area contributed by atoms with Crippen molar-refractivity contribution in [1.82, 2.24) is 4.90 Å². The highest BCUT2D eigenvalue weighted by Crippen LogP contribution is 2.32. The summed E-state index contributed by atoms with van der Waals surface area (Å²) in [5, 5.41) is 19.2. The van der Waals surface area contributed by atoms with E-state index in [0.29, 0.717) is 17.5 Å². The minimum absolute atomic E-state index is 0.0393. The molecule has 0 saturated heterocycles. The zero-order valence-corrected chi connectivity index (χ0v) is 13.7. The van der Waals surface area contributed by atoms with Crippen molar-refractivity contribution in [3.8, 4) is 5.75 Å². The van der Waals surface area contributed by atoms with Gasteiger partial charge in [-0.2, -0.15) is 5.11 Å². The number of hydrogen-bond donors (Lipinski definition) is 0. The lowest BCUT2D eigenvalue weighted by Gasteiger charge is -2.24. The van der Waals surface area contributed by atoms with Crippen molar-refractivity contribution in [2.45, 2.75) is 19.4 Å². The molecule has 7 nitrogen and oxygen atoms in total. The Hall–Kier alpha value is -2.54. The Balaban J connectivity index is 2.22. The largest absolute Gasteiger partial charge is 0.494 e. The maximum Gasteiger partial charge on any atom is 0.273 e.